The van der Waals surface area contributed by atoms with E-state index in [0.717, 1.165) is 180 Å². The van der Waals surface area contributed by atoms with Gasteiger partial charge in [0.25, 0.3) is 0 Å². The SMILES string of the molecule is [2H]C([2H])([2H])c1c[n+](C)c(-c2c(C)cc(C([2H])([2H])[2H])c3c2oc2ccc4ccccc4c23)cc1C.[2H]C([2H])([2H])c1cc(C)c(-c2cc(C)cc[n+]2C)c2oc3ccc4ccccc4c3c12.[2H]C([2H])(c1cc[n+](C)c(-c2c(C)ccc3c2oc2ccc4ccccc4c23)c1)C(C)C.[2H]C([2H])(c1cc[n+](C)c(-c2c(C)ccc3c2oc2ccc4ccccc4c23)c1)C1CCCC1. The zero-order valence-corrected chi connectivity index (χ0v) is 67.1. The maximum absolute atomic E-state index is 8.92. The highest BCUT2D eigenvalue weighted by molar-refractivity contribution is 6.25. The van der Waals surface area contributed by atoms with Crippen molar-refractivity contribution in [1.29, 1.82) is 0 Å². The number of benzene rings is 12. The first-order valence-corrected chi connectivity index (χ1v) is 39.8. The average Bonchev–Trinajstić information content (AvgIpc) is 1.56. The minimum absolute atomic E-state index is 0.0903. The van der Waals surface area contributed by atoms with Gasteiger partial charge in [0.05, 0.1) is 22.3 Å². The van der Waals surface area contributed by atoms with E-state index in [9.17, 15) is 0 Å². The van der Waals surface area contributed by atoms with Gasteiger partial charge in [-0.3, -0.25) is 0 Å². The van der Waals surface area contributed by atoms with E-state index in [1.807, 2.05) is 187 Å². The third-order valence-electron chi connectivity index (χ3n) is 23.4. The highest BCUT2D eigenvalue weighted by atomic mass is 16.3. The van der Waals surface area contributed by atoms with Crippen LogP contribution >= 0.6 is 0 Å². The van der Waals surface area contributed by atoms with Gasteiger partial charge in [-0.25, -0.2) is 18.3 Å². The molecule has 20 aromatic rings. The maximum Gasteiger partial charge on any atom is 0.216 e. The zero-order chi connectivity index (χ0) is 90.4. The molecule has 8 heteroatoms. The van der Waals surface area contributed by atoms with E-state index < -0.39 is 33.3 Å². The van der Waals surface area contributed by atoms with E-state index in [0.29, 0.717) is 49.8 Å². The van der Waals surface area contributed by atoms with Gasteiger partial charge in [0.15, 0.2) is 24.8 Å². The molecule has 0 atom stereocenters. The Hall–Kier alpha value is -12.5. The van der Waals surface area contributed by atoms with Gasteiger partial charge < -0.3 is 17.7 Å². The van der Waals surface area contributed by atoms with Crippen LogP contribution in [0.4, 0.5) is 0 Å². The van der Waals surface area contributed by atoms with Crippen molar-refractivity contribution in [3.05, 3.63) is 310 Å². The summed E-state index contributed by atoms with van der Waals surface area (Å²) >= 11 is 0. The van der Waals surface area contributed by atoms with Gasteiger partial charge in [-0.05, 0) is 210 Å². The van der Waals surface area contributed by atoms with Crippen LogP contribution in [0, 0.1) is 73.9 Å². The summed E-state index contributed by atoms with van der Waals surface area (Å²) < 4.78 is 142. The smallest absolute Gasteiger partial charge is 0.216 e. The van der Waals surface area contributed by atoms with Crippen molar-refractivity contribution in [2.75, 3.05) is 0 Å². The quantitative estimate of drug-likeness (QED) is 0.142. The fourth-order valence-electron chi connectivity index (χ4n) is 17.8. The molecule has 1 aliphatic rings. The Labute approximate surface area is 691 Å². The molecule has 1 saturated carbocycles. The summed E-state index contributed by atoms with van der Waals surface area (Å²) in [4.78, 5) is 0. The second kappa shape index (κ2) is 29.8. The van der Waals surface area contributed by atoms with Crippen molar-refractivity contribution in [3.8, 4) is 45.0 Å². The number of aryl methyl sites for hydroxylation is 13. The third-order valence-corrected chi connectivity index (χ3v) is 23.4. The van der Waals surface area contributed by atoms with Gasteiger partial charge >= 0.3 is 0 Å². The summed E-state index contributed by atoms with van der Waals surface area (Å²) in [6.45, 7) is 8.88. The first kappa shape index (κ1) is 60.1. The van der Waals surface area contributed by atoms with Crippen molar-refractivity contribution in [3.63, 3.8) is 0 Å². The minimum atomic E-state index is -2.33. The monoisotopic (exact) mass is 1520 g/mol. The lowest BCUT2D eigenvalue weighted by Crippen LogP contribution is -2.31. The Bertz CT molecular complexity index is 7910. The number of nitrogens with zero attached hydrogens (tertiary/aromatic N) is 4. The van der Waals surface area contributed by atoms with E-state index in [1.54, 1.807) is 30.8 Å². The van der Waals surface area contributed by atoms with Gasteiger partial charge in [-0.1, -0.05) is 197 Å². The van der Waals surface area contributed by atoms with Gasteiger partial charge in [0.2, 0.25) is 22.8 Å². The fraction of sp³-hybridized carbons (Fsp3) is 0.215. The summed E-state index contributed by atoms with van der Waals surface area (Å²) in [5.74, 6) is -0.0324. The topological polar surface area (TPSA) is 68.1 Å². The summed E-state index contributed by atoms with van der Waals surface area (Å²) in [6.07, 6.45) is 9.04. The van der Waals surface area contributed by atoms with Gasteiger partial charge in [-0.15, -0.1) is 0 Å². The molecule has 12 aromatic carbocycles. The van der Waals surface area contributed by atoms with Crippen LogP contribution in [0.25, 0.3) is 176 Å². The highest BCUT2D eigenvalue weighted by Crippen LogP contribution is 2.47. The summed E-state index contributed by atoms with van der Waals surface area (Å²) in [5, 5.41) is 16.1. The lowest BCUT2D eigenvalue weighted by atomic mass is 9.94. The molecule has 0 saturated heterocycles. The number of rotatable bonds is 8. The Balaban J connectivity index is 0.000000115. The van der Waals surface area contributed by atoms with Crippen LogP contribution in [0.2, 0.25) is 0 Å². The van der Waals surface area contributed by atoms with Crippen molar-refractivity contribution in [2.24, 2.45) is 40.0 Å². The minimum Gasteiger partial charge on any atom is -0.455 e. The number of fused-ring (bicyclic) bond motifs is 20. The van der Waals surface area contributed by atoms with Crippen LogP contribution in [0.1, 0.15) is 119 Å². The second-order valence-electron chi connectivity index (χ2n) is 31.8. The number of furan rings is 4. The predicted molar refractivity (Wildman–Crippen MR) is 478 cm³/mol. The first-order valence-electron chi connectivity index (χ1n) is 46.3. The molecule has 8 aromatic heterocycles. The Morgan fingerprint density at radius 2 is 0.722 bits per heavy atom. The molecule has 115 heavy (non-hydrogen) atoms. The van der Waals surface area contributed by atoms with E-state index in [1.165, 1.54) is 21.5 Å². The van der Waals surface area contributed by atoms with Crippen LogP contribution in [0.15, 0.2) is 267 Å². The van der Waals surface area contributed by atoms with Crippen LogP contribution in [-0.4, -0.2) is 0 Å². The summed E-state index contributed by atoms with van der Waals surface area (Å²) in [7, 11) is 7.82. The van der Waals surface area contributed by atoms with Crippen LogP contribution in [0.5, 0.6) is 0 Å². The van der Waals surface area contributed by atoms with Crippen molar-refractivity contribution in [2.45, 2.75) is 114 Å². The number of aromatic nitrogens is 4. The van der Waals surface area contributed by atoms with Gasteiger partial charge in [-0.2, -0.15) is 0 Å². The molecule has 1 fully saturated rings. The van der Waals surface area contributed by atoms with E-state index in [2.05, 4.69) is 133 Å². The highest BCUT2D eigenvalue weighted by Gasteiger charge is 2.29. The molecule has 8 nitrogen and oxygen atoms in total. The molecule has 0 spiro atoms. The Kier molecular flexibility index (Phi) is 15.6. The lowest BCUT2D eigenvalue weighted by Gasteiger charge is -2.11. The van der Waals surface area contributed by atoms with E-state index in [-0.39, 0.29) is 23.0 Å². The molecular weight excluding hydrogens is 1410 g/mol. The molecular formula is C107H100N4O4+4. The second-order valence-corrected chi connectivity index (χ2v) is 31.8. The first-order chi connectivity index (χ1) is 60.9. The van der Waals surface area contributed by atoms with Crippen molar-refractivity contribution < 1.29 is 53.8 Å². The largest absolute Gasteiger partial charge is 0.455 e. The summed E-state index contributed by atoms with van der Waals surface area (Å²) in [5.41, 5.74) is 21.3. The number of pyridine rings is 4. The molecule has 21 rings (SSSR count). The number of hydrogen-bond donors (Lipinski definition) is 0. The molecule has 568 valence electrons. The molecule has 0 aliphatic heterocycles. The zero-order valence-electron chi connectivity index (χ0n) is 80.1. The van der Waals surface area contributed by atoms with Crippen LogP contribution in [0.3, 0.4) is 0 Å². The molecule has 0 amide bonds. The van der Waals surface area contributed by atoms with E-state index in [4.69, 9.17) is 35.5 Å². The summed E-state index contributed by atoms with van der Waals surface area (Å²) in [6, 6.07) is 74.8. The molecule has 0 bridgehead atoms. The van der Waals surface area contributed by atoms with Crippen LogP contribution < -0.4 is 18.3 Å². The van der Waals surface area contributed by atoms with Crippen LogP contribution in [-0.2, 0) is 40.9 Å². The lowest BCUT2D eigenvalue weighted by molar-refractivity contribution is -0.660. The Morgan fingerprint density at radius 3 is 1.17 bits per heavy atom. The third kappa shape index (κ3) is 13.2. The van der Waals surface area contributed by atoms with E-state index >= 15 is 0 Å². The molecule has 0 N–H and O–H groups in total. The number of hydrogen-bond acceptors (Lipinski definition) is 4. The maximum atomic E-state index is 8.92. The van der Waals surface area contributed by atoms with Crippen molar-refractivity contribution in [1.82, 2.24) is 0 Å². The fourth-order valence-corrected chi connectivity index (χ4v) is 17.8. The van der Waals surface area contributed by atoms with Crippen molar-refractivity contribution >= 4 is 131 Å². The van der Waals surface area contributed by atoms with Gasteiger partial charge in [0, 0.05) is 109 Å². The predicted octanol–water partition coefficient (Wildman–Crippen LogP) is 26.6. The molecule has 0 radical (unpaired) electrons. The molecule has 0 unspecified atom stereocenters. The molecule has 8 heterocycles. The standard InChI is InChI=1S/C29H28NO.C27H26NO.C26H24NO.C25H22NO/c1-19-11-13-24-28-23-10-6-5-9-22(23)12-14-26(28)31-29(24)27(19)25-18-21(15-16-30(25)2)17-20-7-3-4-8-20;1-17(2)15-19-13-14-28(4)23(16-19)25-18(3)9-11-22-26-21-8-6-5-7-20(21)10-12-24(26)29-27(22)25;1-15-13-21(27(5)14-18(15)4)23-16(2)12-17(3)24-25-20-9-7-6-8-19(20)10-11-22(25)28-26(23)24;1-15-11-12-26(4)20(13-15)22-16(2)14-17(3)23-24-19-8-6-5-7-18(19)9-10-21(24)27-25(22)23/h5-6,9-16,18,20H,3-4,7-8,17H2,1-2H3;5-14,16-17H,15H2,1-4H3;6-14H,1-5H3;5-14H,1-4H3/q4*+1/i17D2;15D2;3D3,4D3;3D3. The van der Waals surface area contributed by atoms with Gasteiger partial charge in [0.1, 0.15) is 72.9 Å². The average molecular weight is 1520 g/mol. The molecule has 1 aliphatic carbocycles. The normalized spacial score (nSPS) is 14.9. The Morgan fingerprint density at radius 1 is 0.339 bits per heavy atom.